The van der Waals surface area contributed by atoms with E-state index in [1.165, 1.54) is 24.9 Å². The van der Waals surface area contributed by atoms with Crippen LogP contribution >= 0.6 is 0 Å². The number of nitrogens with zero attached hydrogens (tertiary/aromatic N) is 1. The molecule has 1 aromatic rings. The highest BCUT2D eigenvalue weighted by molar-refractivity contribution is 5.53. The Bertz CT molecular complexity index is 301. The minimum absolute atomic E-state index is 0.791. The normalized spacial score (nSPS) is 10.8. The second-order valence-electron chi connectivity index (χ2n) is 4.72. The van der Waals surface area contributed by atoms with Gasteiger partial charge in [-0.1, -0.05) is 33.6 Å². The Labute approximate surface area is 106 Å². The van der Waals surface area contributed by atoms with E-state index >= 15 is 0 Å². The molecule has 0 saturated carbocycles. The summed E-state index contributed by atoms with van der Waals surface area (Å²) in [5.41, 5.74) is 7.88. The predicted octanol–water partition coefficient (Wildman–Crippen LogP) is 3.92. The molecule has 0 spiro atoms. The molecule has 2 heteroatoms. The molecule has 0 bridgehead atoms. The van der Waals surface area contributed by atoms with Crippen LogP contribution in [0.25, 0.3) is 0 Å². The molecule has 17 heavy (non-hydrogen) atoms. The number of hydrogen-bond donors (Lipinski definition) is 1. The Balaban J connectivity index is 2.73. The van der Waals surface area contributed by atoms with E-state index in [1.807, 2.05) is 12.1 Å². The van der Waals surface area contributed by atoms with Crippen LogP contribution in [0.1, 0.15) is 40.0 Å². The third-order valence-corrected chi connectivity index (χ3v) is 3.39. The van der Waals surface area contributed by atoms with Gasteiger partial charge in [-0.25, -0.2) is 0 Å². The van der Waals surface area contributed by atoms with Crippen molar-refractivity contribution in [2.45, 2.75) is 40.0 Å². The molecule has 0 saturated heterocycles. The van der Waals surface area contributed by atoms with Crippen molar-refractivity contribution in [2.24, 2.45) is 5.92 Å². The van der Waals surface area contributed by atoms with Gasteiger partial charge >= 0.3 is 0 Å². The first-order valence-electron chi connectivity index (χ1n) is 6.81. The Morgan fingerprint density at radius 1 is 1.06 bits per heavy atom. The van der Waals surface area contributed by atoms with Crippen LogP contribution in [0.4, 0.5) is 11.4 Å². The minimum Gasteiger partial charge on any atom is -0.399 e. The molecule has 0 fully saturated rings. The SMILES string of the molecule is CCCN(CC(CC)CC)c1ccc(N)cc1. The van der Waals surface area contributed by atoms with Gasteiger partial charge in [-0.3, -0.25) is 0 Å². The summed E-state index contributed by atoms with van der Waals surface area (Å²) in [4.78, 5) is 2.48. The lowest BCUT2D eigenvalue weighted by molar-refractivity contribution is 0.482. The van der Waals surface area contributed by atoms with E-state index in [0.717, 1.165) is 24.7 Å². The number of nitrogens with two attached hydrogens (primary N) is 1. The lowest BCUT2D eigenvalue weighted by Gasteiger charge is -2.28. The molecule has 2 N–H and O–H groups in total. The molecule has 96 valence electrons. The number of rotatable bonds is 7. The fraction of sp³-hybridized carbons (Fsp3) is 0.600. The molecule has 2 nitrogen and oxygen atoms in total. The molecule has 0 aliphatic rings. The van der Waals surface area contributed by atoms with E-state index in [1.54, 1.807) is 0 Å². The standard InChI is InChI=1S/C15H26N2/c1-4-11-17(12-13(5-2)6-3)15-9-7-14(16)8-10-15/h7-10,13H,4-6,11-12,16H2,1-3H3. The maximum atomic E-state index is 5.74. The summed E-state index contributed by atoms with van der Waals surface area (Å²) >= 11 is 0. The van der Waals surface area contributed by atoms with E-state index in [0.29, 0.717) is 0 Å². The molecule has 1 aromatic carbocycles. The molecule has 0 radical (unpaired) electrons. The van der Waals surface area contributed by atoms with Crippen LogP contribution in [0.3, 0.4) is 0 Å². The zero-order valence-electron chi connectivity index (χ0n) is 11.4. The zero-order chi connectivity index (χ0) is 12.7. The van der Waals surface area contributed by atoms with Crippen LogP contribution in [0.15, 0.2) is 24.3 Å². The van der Waals surface area contributed by atoms with Gasteiger partial charge in [0.25, 0.3) is 0 Å². The van der Waals surface area contributed by atoms with Crippen LogP contribution in [-0.4, -0.2) is 13.1 Å². The third kappa shape index (κ3) is 4.29. The lowest BCUT2D eigenvalue weighted by Crippen LogP contribution is -2.29. The largest absolute Gasteiger partial charge is 0.399 e. The van der Waals surface area contributed by atoms with Gasteiger partial charge < -0.3 is 10.6 Å². The predicted molar refractivity (Wildman–Crippen MR) is 77.4 cm³/mol. The van der Waals surface area contributed by atoms with E-state index < -0.39 is 0 Å². The van der Waals surface area contributed by atoms with Crippen molar-refractivity contribution in [1.29, 1.82) is 0 Å². The Kier molecular flexibility index (Phi) is 5.88. The second kappa shape index (κ2) is 7.21. The molecule has 0 aromatic heterocycles. The zero-order valence-corrected chi connectivity index (χ0v) is 11.4. The van der Waals surface area contributed by atoms with Crippen LogP contribution in [0.5, 0.6) is 0 Å². The molecule has 0 aliphatic carbocycles. The highest BCUT2D eigenvalue weighted by Gasteiger charge is 2.11. The van der Waals surface area contributed by atoms with Crippen LogP contribution < -0.4 is 10.6 Å². The van der Waals surface area contributed by atoms with Gasteiger partial charge in [0.2, 0.25) is 0 Å². The molecule has 0 unspecified atom stereocenters. The highest BCUT2D eigenvalue weighted by atomic mass is 15.1. The Morgan fingerprint density at radius 3 is 2.12 bits per heavy atom. The van der Waals surface area contributed by atoms with Crippen molar-refractivity contribution in [2.75, 3.05) is 23.7 Å². The maximum absolute atomic E-state index is 5.74. The first kappa shape index (κ1) is 13.9. The van der Waals surface area contributed by atoms with Crippen molar-refractivity contribution in [1.82, 2.24) is 0 Å². The maximum Gasteiger partial charge on any atom is 0.0367 e. The molecular formula is C15H26N2. The van der Waals surface area contributed by atoms with Crippen molar-refractivity contribution >= 4 is 11.4 Å². The molecule has 0 atom stereocenters. The van der Waals surface area contributed by atoms with E-state index in [-0.39, 0.29) is 0 Å². The number of benzene rings is 1. The Hall–Kier alpha value is -1.18. The number of hydrogen-bond acceptors (Lipinski definition) is 2. The molecule has 0 amide bonds. The third-order valence-electron chi connectivity index (χ3n) is 3.39. The summed E-state index contributed by atoms with van der Waals surface area (Å²) in [5, 5.41) is 0. The van der Waals surface area contributed by atoms with Gasteiger partial charge in [0.1, 0.15) is 0 Å². The van der Waals surface area contributed by atoms with Crippen LogP contribution in [0, 0.1) is 5.92 Å². The van der Waals surface area contributed by atoms with Crippen LogP contribution in [-0.2, 0) is 0 Å². The van der Waals surface area contributed by atoms with Crippen molar-refractivity contribution in [3.63, 3.8) is 0 Å². The van der Waals surface area contributed by atoms with Crippen molar-refractivity contribution in [3.05, 3.63) is 24.3 Å². The average molecular weight is 234 g/mol. The van der Waals surface area contributed by atoms with Gasteiger partial charge in [-0.2, -0.15) is 0 Å². The van der Waals surface area contributed by atoms with Gasteiger partial charge in [-0.05, 0) is 36.6 Å². The fourth-order valence-corrected chi connectivity index (χ4v) is 2.14. The lowest BCUT2D eigenvalue weighted by atomic mass is 10.0. The summed E-state index contributed by atoms with van der Waals surface area (Å²) in [7, 11) is 0. The van der Waals surface area contributed by atoms with E-state index in [4.69, 9.17) is 5.73 Å². The van der Waals surface area contributed by atoms with E-state index in [9.17, 15) is 0 Å². The first-order chi connectivity index (χ1) is 8.21. The summed E-state index contributed by atoms with van der Waals surface area (Å²) in [6, 6.07) is 8.25. The monoisotopic (exact) mass is 234 g/mol. The molecule has 1 rings (SSSR count). The minimum atomic E-state index is 0.791. The van der Waals surface area contributed by atoms with Gasteiger partial charge in [0, 0.05) is 24.5 Å². The average Bonchev–Trinajstić information content (AvgIpc) is 2.35. The summed E-state index contributed by atoms with van der Waals surface area (Å²) in [6.07, 6.45) is 3.70. The molecule has 0 heterocycles. The van der Waals surface area contributed by atoms with Gasteiger partial charge in [-0.15, -0.1) is 0 Å². The smallest absolute Gasteiger partial charge is 0.0367 e. The van der Waals surface area contributed by atoms with E-state index in [2.05, 4.69) is 37.8 Å². The number of nitrogen functional groups attached to an aromatic ring is 1. The molecular weight excluding hydrogens is 208 g/mol. The highest BCUT2D eigenvalue weighted by Crippen LogP contribution is 2.20. The van der Waals surface area contributed by atoms with Crippen molar-refractivity contribution in [3.8, 4) is 0 Å². The fourth-order valence-electron chi connectivity index (χ4n) is 2.14. The Morgan fingerprint density at radius 2 is 1.65 bits per heavy atom. The quantitative estimate of drug-likeness (QED) is 0.724. The number of anilines is 2. The second-order valence-corrected chi connectivity index (χ2v) is 4.72. The van der Waals surface area contributed by atoms with Crippen molar-refractivity contribution < 1.29 is 0 Å². The topological polar surface area (TPSA) is 29.3 Å². The summed E-state index contributed by atoms with van der Waals surface area (Å²) in [5.74, 6) is 0.791. The van der Waals surface area contributed by atoms with Gasteiger partial charge in [0.05, 0.1) is 0 Å². The molecule has 0 aliphatic heterocycles. The first-order valence-corrected chi connectivity index (χ1v) is 6.81. The summed E-state index contributed by atoms with van der Waals surface area (Å²) in [6.45, 7) is 9.07. The van der Waals surface area contributed by atoms with Crippen LogP contribution in [0.2, 0.25) is 0 Å². The summed E-state index contributed by atoms with van der Waals surface area (Å²) < 4.78 is 0. The van der Waals surface area contributed by atoms with Gasteiger partial charge in [0.15, 0.2) is 0 Å².